The maximum absolute atomic E-state index is 4.64. The van der Waals surface area contributed by atoms with Crippen molar-refractivity contribution in [1.82, 2.24) is 0 Å². The molecule has 74 valence electrons. The van der Waals surface area contributed by atoms with Crippen molar-refractivity contribution in [1.29, 1.82) is 0 Å². The molecular formula is C14H8N2. The quantitative estimate of drug-likeness (QED) is 0.629. The van der Waals surface area contributed by atoms with Crippen LogP contribution in [-0.2, 0) is 0 Å². The number of benzene rings is 2. The van der Waals surface area contributed by atoms with Gasteiger partial charge < -0.3 is 0 Å². The van der Waals surface area contributed by atoms with Crippen LogP contribution in [0.15, 0.2) is 58.5 Å². The van der Waals surface area contributed by atoms with Crippen LogP contribution in [0.5, 0.6) is 0 Å². The molecule has 0 aliphatic carbocycles. The summed E-state index contributed by atoms with van der Waals surface area (Å²) in [5, 5.41) is 0. The Bertz CT molecular complexity index is 606. The van der Waals surface area contributed by atoms with Gasteiger partial charge in [-0.05, 0) is 12.1 Å². The number of rotatable bonds is 0. The first kappa shape index (κ1) is 7.99. The second-order valence-electron chi connectivity index (χ2n) is 3.96. The minimum absolute atomic E-state index is 1.02. The van der Waals surface area contributed by atoms with Crippen molar-refractivity contribution in [3.8, 4) is 0 Å². The summed E-state index contributed by atoms with van der Waals surface area (Å²) in [5.74, 6) is 0. The lowest BCUT2D eigenvalue weighted by Gasteiger charge is -1.95. The third kappa shape index (κ3) is 0.865. The molecule has 0 radical (unpaired) electrons. The third-order valence-electron chi connectivity index (χ3n) is 3.01. The molecule has 2 aromatic carbocycles. The second kappa shape index (κ2) is 2.67. The lowest BCUT2D eigenvalue weighted by molar-refractivity contribution is 1.49. The molecule has 2 aliphatic heterocycles. The van der Waals surface area contributed by atoms with Crippen molar-refractivity contribution < 1.29 is 0 Å². The van der Waals surface area contributed by atoms with E-state index in [2.05, 4.69) is 22.1 Å². The second-order valence-corrected chi connectivity index (χ2v) is 3.96. The van der Waals surface area contributed by atoms with E-state index in [-0.39, 0.29) is 0 Å². The number of nitrogens with zero attached hydrogens (tertiary/aromatic N) is 2. The van der Waals surface area contributed by atoms with E-state index in [1.165, 1.54) is 0 Å². The molecule has 0 atom stereocenters. The van der Waals surface area contributed by atoms with Gasteiger partial charge in [-0.1, -0.05) is 36.4 Å². The van der Waals surface area contributed by atoms with E-state index in [9.17, 15) is 0 Å². The summed E-state index contributed by atoms with van der Waals surface area (Å²) in [6.45, 7) is 0. The van der Waals surface area contributed by atoms with Crippen LogP contribution in [0.25, 0.3) is 0 Å². The zero-order chi connectivity index (χ0) is 10.5. The van der Waals surface area contributed by atoms with E-state index in [1.807, 2.05) is 36.4 Å². The highest BCUT2D eigenvalue weighted by molar-refractivity contribution is 6.59. The fourth-order valence-corrected chi connectivity index (χ4v) is 2.27. The predicted molar refractivity (Wildman–Crippen MR) is 65.3 cm³/mol. The summed E-state index contributed by atoms with van der Waals surface area (Å²) in [4.78, 5) is 9.28. The Morgan fingerprint density at radius 3 is 1.50 bits per heavy atom. The Hall–Kier alpha value is -2.22. The Morgan fingerprint density at radius 1 is 0.562 bits per heavy atom. The van der Waals surface area contributed by atoms with Gasteiger partial charge in [-0.15, -0.1) is 0 Å². The van der Waals surface area contributed by atoms with E-state index >= 15 is 0 Å². The Kier molecular flexibility index (Phi) is 1.33. The van der Waals surface area contributed by atoms with Crippen LogP contribution in [-0.4, -0.2) is 11.4 Å². The van der Waals surface area contributed by atoms with Crippen LogP contribution < -0.4 is 0 Å². The molecule has 2 nitrogen and oxygen atoms in total. The van der Waals surface area contributed by atoms with Crippen LogP contribution >= 0.6 is 0 Å². The van der Waals surface area contributed by atoms with Crippen LogP contribution in [0.1, 0.15) is 11.1 Å². The lowest BCUT2D eigenvalue weighted by atomic mass is 10.0. The molecule has 0 bridgehead atoms. The first-order valence-electron chi connectivity index (χ1n) is 5.30. The molecule has 0 unspecified atom stereocenters. The molecule has 2 heterocycles. The Balaban J connectivity index is 2.03. The van der Waals surface area contributed by atoms with E-state index in [4.69, 9.17) is 0 Å². The lowest BCUT2D eigenvalue weighted by Crippen LogP contribution is -2.06. The molecule has 2 aromatic rings. The molecule has 16 heavy (non-hydrogen) atoms. The van der Waals surface area contributed by atoms with Gasteiger partial charge in [-0.25, -0.2) is 9.98 Å². The van der Waals surface area contributed by atoms with Gasteiger partial charge in [0.05, 0.1) is 22.8 Å². The van der Waals surface area contributed by atoms with Gasteiger partial charge in [-0.2, -0.15) is 0 Å². The van der Waals surface area contributed by atoms with Crippen LogP contribution in [0.4, 0.5) is 11.4 Å². The molecular weight excluding hydrogens is 196 g/mol. The van der Waals surface area contributed by atoms with Gasteiger partial charge in [-0.3, -0.25) is 0 Å². The van der Waals surface area contributed by atoms with Gasteiger partial charge in [0.25, 0.3) is 0 Å². The zero-order valence-corrected chi connectivity index (χ0v) is 8.51. The zero-order valence-electron chi connectivity index (χ0n) is 8.51. The minimum Gasteiger partial charge on any atom is -0.245 e. The topological polar surface area (TPSA) is 24.7 Å². The summed E-state index contributed by atoms with van der Waals surface area (Å²) in [5.41, 5.74) is 6.41. The summed E-state index contributed by atoms with van der Waals surface area (Å²) >= 11 is 0. The highest BCUT2D eigenvalue weighted by Crippen LogP contribution is 2.37. The van der Waals surface area contributed by atoms with E-state index in [0.717, 1.165) is 33.9 Å². The number of para-hydroxylation sites is 2. The smallest absolute Gasteiger partial charge is 0.0994 e. The van der Waals surface area contributed by atoms with Gasteiger partial charge in [0.1, 0.15) is 0 Å². The fraction of sp³-hybridized carbons (Fsp3) is 0. The van der Waals surface area contributed by atoms with Gasteiger partial charge >= 0.3 is 0 Å². The van der Waals surface area contributed by atoms with E-state index < -0.39 is 0 Å². The Labute approximate surface area is 93.0 Å². The van der Waals surface area contributed by atoms with Crippen molar-refractivity contribution in [3.05, 3.63) is 59.7 Å². The molecule has 0 saturated carbocycles. The first-order chi connectivity index (χ1) is 7.93. The molecule has 4 rings (SSSR count). The molecule has 0 amide bonds. The van der Waals surface area contributed by atoms with Crippen LogP contribution in [0, 0.1) is 0 Å². The molecule has 0 saturated heterocycles. The third-order valence-corrected chi connectivity index (χ3v) is 3.01. The van der Waals surface area contributed by atoms with Crippen LogP contribution in [0.3, 0.4) is 0 Å². The fourth-order valence-electron chi connectivity index (χ4n) is 2.27. The monoisotopic (exact) mass is 204 g/mol. The van der Waals surface area contributed by atoms with Gasteiger partial charge in [0.2, 0.25) is 0 Å². The van der Waals surface area contributed by atoms with Crippen molar-refractivity contribution >= 4 is 22.8 Å². The highest BCUT2D eigenvalue weighted by atomic mass is 14.9. The maximum Gasteiger partial charge on any atom is 0.0994 e. The summed E-state index contributed by atoms with van der Waals surface area (Å²) in [6.07, 6.45) is 0. The van der Waals surface area contributed by atoms with Gasteiger partial charge in [0.15, 0.2) is 0 Å². The van der Waals surface area contributed by atoms with Crippen molar-refractivity contribution in [2.75, 3.05) is 0 Å². The van der Waals surface area contributed by atoms with E-state index in [0.29, 0.717) is 0 Å². The maximum atomic E-state index is 4.64. The normalized spacial score (nSPS) is 15.0. The standard InChI is InChI=1S/C14H8N2/c1-3-7-11-9(5-1)13-14(15-11)10-6-2-4-8-12(10)16-13/h1-8H. The minimum atomic E-state index is 1.02. The summed E-state index contributed by atoms with van der Waals surface area (Å²) in [7, 11) is 0. The molecule has 0 fully saturated rings. The van der Waals surface area contributed by atoms with Crippen LogP contribution in [0.2, 0.25) is 0 Å². The predicted octanol–water partition coefficient (Wildman–Crippen LogP) is 3.26. The largest absolute Gasteiger partial charge is 0.245 e. The van der Waals surface area contributed by atoms with Crippen molar-refractivity contribution in [2.45, 2.75) is 0 Å². The molecule has 0 spiro atoms. The number of fused-ring (bicyclic) bond motifs is 5. The molecule has 0 aromatic heterocycles. The van der Waals surface area contributed by atoms with E-state index in [1.54, 1.807) is 0 Å². The molecule has 0 N–H and O–H groups in total. The van der Waals surface area contributed by atoms with Gasteiger partial charge in [0, 0.05) is 11.1 Å². The average molecular weight is 204 g/mol. The average Bonchev–Trinajstić information content (AvgIpc) is 2.85. The van der Waals surface area contributed by atoms with Crippen molar-refractivity contribution in [3.63, 3.8) is 0 Å². The summed E-state index contributed by atoms with van der Waals surface area (Å²) < 4.78 is 0. The number of hydrogen-bond acceptors (Lipinski definition) is 2. The molecule has 2 heteroatoms. The Morgan fingerprint density at radius 2 is 1.00 bits per heavy atom. The highest BCUT2D eigenvalue weighted by Gasteiger charge is 2.29. The first-order valence-corrected chi connectivity index (χ1v) is 5.30. The van der Waals surface area contributed by atoms with Crippen molar-refractivity contribution in [2.24, 2.45) is 9.98 Å². The SMILES string of the molecule is c1ccc2c(c1)N=C1C2=Nc2ccccc21. The molecule has 2 aliphatic rings. The number of hydrogen-bond donors (Lipinski definition) is 0. The number of aliphatic imine (C=N–C) groups is 2. The summed E-state index contributed by atoms with van der Waals surface area (Å²) in [6, 6.07) is 16.3.